The fourth-order valence-electron chi connectivity index (χ4n) is 4.00. The van der Waals surface area contributed by atoms with Crippen LogP contribution in [-0.4, -0.2) is 22.1 Å². The van der Waals surface area contributed by atoms with Crippen molar-refractivity contribution >= 4 is 28.4 Å². The highest BCUT2D eigenvalue weighted by atomic mass is 16.5. The Morgan fingerprint density at radius 1 is 0.812 bits per heavy atom. The predicted molar refractivity (Wildman–Crippen MR) is 124 cm³/mol. The smallest absolute Gasteiger partial charge is 0.343 e. The van der Waals surface area contributed by atoms with Gasteiger partial charge in [-0.1, -0.05) is 35.9 Å². The average Bonchev–Trinajstić information content (AvgIpc) is 3.05. The van der Waals surface area contributed by atoms with E-state index in [1.165, 1.54) is 13.8 Å². The summed E-state index contributed by atoms with van der Waals surface area (Å²) >= 11 is 0. The molecule has 1 aromatic heterocycles. The highest BCUT2D eigenvalue weighted by molar-refractivity contribution is 6.12. The molecule has 0 unspecified atom stereocenters. The number of Topliss-reactive ketones (excluding diaryl/α,β-unsaturated/α-hetero) is 2. The molecular formula is C27H23NO4. The molecule has 5 nitrogen and oxygen atoms in total. The molecule has 0 saturated heterocycles. The molecule has 0 saturated carbocycles. The van der Waals surface area contributed by atoms with E-state index < -0.39 is 5.97 Å². The Balaban J connectivity index is 1.95. The summed E-state index contributed by atoms with van der Waals surface area (Å²) in [6, 6.07) is 19.8. The molecule has 0 spiro atoms. The van der Waals surface area contributed by atoms with Crippen molar-refractivity contribution in [1.29, 1.82) is 0 Å². The second-order valence-corrected chi connectivity index (χ2v) is 7.86. The number of hydrogen-bond donors (Lipinski definition) is 0. The van der Waals surface area contributed by atoms with E-state index in [-0.39, 0.29) is 22.9 Å². The van der Waals surface area contributed by atoms with Crippen molar-refractivity contribution in [2.75, 3.05) is 0 Å². The zero-order valence-corrected chi connectivity index (χ0v) is 18.4. The maximum absolute atomic E-state index is 12.7. The number of carbonyl (C=O) groups is 3. The van der Waals surface area contributed by atoms with Crippen molar-refractivity contribution in [2.45, 2.75) is 27.7 Å². The van der Waals surface area contributed by atoms with E-state index >= 15 is 0 Å². The summed E-state index contributed by atoms with van der Waals surface area (Å²) in [5.41, 5.74) is 4.67. The standard InChI is InChI=1S/C27H23NO4/c1-16-10-12-21(13-11-16)28-17(2)26(19(4)30)23-15-25(22(18(3)29)14-24(23)28)32-27(31)20-8-6-5-7-9-20/h5-15H,1-4H3. The summed E-state index contributed by atoms with van der Waals surface area (Å²) in [4.78, 5) is 37.7. The third kappa shape index (κ3) is 3.73. The quantitative estimate of drug-likeness (QED) is 0.228. The highest BCUT2D eigenvalue weighted by Gasteiger charge is 2.23. The fraction of sp³-hybridized carbons (Fsp3) is 0.148. The second-order valence-electron chi connectivity index (χ2n) is 7.86. The number of aryl methyl sites for hydroxylation is 1. The molecular weight excluding hydrogens is 402 g/mol. The molecule has 0 fully saturated rings. The van der Waals surface area contributed by atoms with Gasteiger partial charge in [-0.25, -0.2) is 4.79 Å². The second kappa shape index (κ2) is 8.27. The van der Waals surface area contributed by atoms with Gasteiger partial charge in [0, 0.05) is 22.3 Å². The minimum Gasteiger partial charge on any atom is -0.422 e. The van der Waals surface area contributed by atoms with Crippen molar-refractivity contribution in [3.05, 3.63) is 94.7 Å². The Labute approximate surface area is 186 Å². The third-order valence-electron chi connectivity index (χ3n) is 5.54. The number of ether oxygens (including phenoxy) is 1. The molecule has 0 amide bonds. The van der Waals surface area contributed by atoms with E-state index in [4.69, 9.17) is 4.74 Å². The van der Waals surface area contributed by atoms with Crippen molar-refractivity contribution in [2.24, 2.45) is 0 Å². The van der Waals surface area contributed by atoms with Crippen LogP contribution in [0.5, 0.6) is 5.75 Å². The lowest BCUT2D eigenvalue weighted by atomic mass is 10.0. The first kappa shape index (κ1) is 21.2. The summed E-state index contributed by atoms with van der Waals surface area (Å²) in [6.07, 6.45) is 0. The average molecular weight is 425 g/mol. The maximum atomic E-state index is 12.7. The Bertz CT molecular complexity index is 1360. The van der Waals surface area contributed by atoms with E-state index in [0.29, 0.717) is 22.0 Å². The lowest BCUT2D eigenvalue weighted by molar-refractivity contribution is 0.0733. The molecule has 4 rings (SSSR count). The van der Waals surface area contributed by atoms with E-state index in [2.05, 4.69) is 0 Å². The van der Waals surface area contributed by atoms with Gasteiger partial charge in [0.1, 0.15) is 5.75 Å². The van der Waals surface area contributed by atoms with Crippen molar-refractivity contribution in [3.8, 4) is 11.4 Å². The lowest BCUT2D eigenvalue weighted by Gasteiger charge is -2.12. The first-order chi connectivity index (χ1) is 15.3. The Morgan fingerprint density at radius 3 is 2.06 bits per heavy atom. The molecule has 5 heteroatoms. The van der Waals surface area contributed by atoms with Gasteiger partial charge in [0.2, 0.25) is 0 Å². The van der Waals surface area contributed by atoms with Crippen LogP contribution >= 0.6 is 0 Å². The van der Waals surface area contributed by atoms with Crippen LogP contribution in [0, 0.1) is 13.8 Å². The molecule has 0 atom stereocenters. The molecule has 1 heterocycles. The minimum atomic E-state index is -0.563. The summed E-state index contributed by atoms with van der Waals surface area (Å²) < 4.78 is 7.59. The van der Waals surface area contributed by atoms with Crippen LogP contribution in [0.1, 0.15) is 56.2 Å². The van der Waals surface area contributed by atoms with Gasteiger partial charge in [0.05, 0.1) is 16.6 Å². The largest absolute Gasteiger partial charge is 0.422 e. The predicted octanol–water partition coefficient (Wildman–Crippen LogP) is 5.87. The van der Waals surface area contributed by atoms with E-state index in [0.717, 1.165) is 16.9 Å². The van der Waals surface area contributed by atoms with Crippen molar-refractivity contribution in [3.63, 3.8) is 0 Å². The first-order valence-corrected chi connectivity index (χ1v) is 10.3. The Kier molecular flexibility index (Phi) is 5.49. The molecule has 4 aromatic rings. The van der Waals surface area contributed by atoms with Gasteiger partial charge in [-0.3, -0.25) is 9.59 Å². The molecule has 160 valence electrons. The van der Waals surface area contributed by atoms with Gasteiger partial charge in [0.25, 0.3) is 0 Å². The molecule has 0 bridgehead atoms. The number of rotatable bonds is 5. The van der Waals surface area contributed by atoms with Gasteiger partial charge in [-0.15, -0.1) is 0 Å². The number of nitrogens with zero attached hydrogens (tertiary/aromatic N) is 1. The zero-order valence-electron chi connectivity index (χ0n) is 18.4. The number of esters is 1. The molecule has 0 aliphatic carbocycles. The van der Waals surface area contributed by atoms with Gasteiger partial charge in [0.15, 0.2) is 11.6 Å². The summed E-state index contributed by atoms with van der Waals surface area (Å²) in [6.45, 7) is 6.82. The molecule has 0 radical (unpaired) electrons. The van der Waals surface area contributed by atoms with Gasteiger partial charge in [-0.2, -0.15) is 0 Å². The minimum absolute atomic E-state index is 0.103. The van der Waals surface area contributed by atoms with Crippen molar-refractivity contribution in [1.82, 2.24) is 4.57 Å². The number of ketones is 2. The van der Waals surface area contributed by atoms with Crippen LogP contribution in [0.15, 0.2) is 66.7 Å². The molecule has 0 aliphatic rings. The highest BCUT2D eigenvalue weighted by Crippen LogP contribution is 2.35. The first-order valence-electron chi connectivity index (χ1n) is 10.3. The van der Waals surface area contributed by atoms with Crippen LogP contribution in [0.3, 0.4) is 0 Å². The van der Waals surface area contributed by atoms with Gasteiger partial charge < -0.3 is 9.30 Å². The van der Waals surface area contributed by atoms with Crippen LogP contribution in [0.2, 0.25) is 0 Å². The lowest BCUT2D eigenvalue weighted by Crippen LogP contribution is -2.11. The monoisotopic (exact) mass is 425 g/mol. The van der Waals surface area contributed by atoms with Crippen LogP contribution in [-0.2, 0) is 0 Å². The normalized spacial score (nSPS) is 10.9. The van der Waals surface area contributed by atoms with Crippen molar-refractivity contribution < 1.29 is 19.1 Å². The van der Waals surface area contributed by atoms with Gasteiger partial charge in [-0.05, 0) is 64.1 Å². The SMILES string of the molecule is CC(=O)c1cc2c(cc1OC(=O)c1ccccc1)c(C(C)=O)c(C)n2-c1ccc(C)cc1. The molecule has 0 aliphatic heterocycles. The summed E-state index contributed by atoms with van der Waals surface area (Å²) in [7, 11) is 0. The number of fused-ring (bicyclic) bond motifs is 1. The van der Waals surface area contributed by atoms with Crippen LogP contribution < -0.4 is 4.74 Å². The topological polar surface area (TPSA) is 65.4 Å². The fourth-order valence-corrected chi connectivity index (χ4v) is 4.00. The molecule has 32 heavy (non-hydrogen) atoms. The zero-order chi connectivity index (χ0) is 23.0. The summed E-state index contributed by atoms with van der Waals surface area (Å²) in [5.74, 6) is -0.760. The maximum Gasteiger partial charge on any atom is 0.343 e. The van der Waals surface area contributed by atoms with Gasteiger partial charge >= 0.3 is 5.97 Å². The van der Waals surface area contributed by atoms with E-state index in [1.807, 2.05) is 42.7 Å². The summed E-state index contributed by atoms with van der Waals surface area (Å²) in [5, 5.41) is 0.636. The number of benzene rings is 3. The number of carbonyl (C=O) groups excluding carboxylic acids is 3. The molecule has 0 N–H and O–H groups in total. The van der Waals surface area contributed by atoms with E-state index in [1.54, 1.807) is 42.5 Å². The van der Waals surface area contributed by atoms with Crippen LogP contribution in [0.4, 0.5) is 0 Å². The number of aromatic nitrogens is 1. The van der Waals surface area contributed by atoms with Crippen LogP contribution in [0.25, 0.3) is 16.6 Å². The molecule has 3 aromatic carbocycles. The Hall–Kier alpha value is -3.99. The third-order valence-corrected chi connectivity index (χ3v) is 5.54. The number of hydrogen-bond acceptors (Lipinski definition) is 4. The Morgan fingerprint density at radius 2 is 1.47 bits per heavy atom. The van der Waals surface area contributed by atoms with E-state index in [9.17, 15) is 14.4 Å².